The number of aromatic nitrogens is 1. The molecule has 0 radical (unpaired) electrons. The average molecular weight is 274 g/mol. The van der Waals surface area contributed by atoms with Crippen LogP contribution < -0.4 is 5.32 Å². The van der Waals surface area contributed by atoms with Crippen molar-refractivity contribution in [2.24, 2.45) is 0 Å². The number of aliphatic hydroxyl groups is 1. The van der Waals surface area contributed by atoms with Crippen LogP contribution in [0.15, 0.2) is 30.5 Å². The molecule has 1 atom stereocenters. The van der Waals surface area contributed by atoms with Crippen molar-refractivity contribution >= 4 is 10.9 Å². The molecule has 1 unspecified atom stereocenters. The Balaban J connectivity index is 2.26. The molecule has 2 rings (SSSR count). The maximum absolute atomic E-state index is 9.48. The van der Waals surface area contributed by atoms with Crippen LogP contribution in [0.1, 0.15) is 39.7 Å². The van der Waals surface area contributed by atoms with Crippen molar-refractivity contribution in [2.75, 3.05) is 0 Å². The molecule has 0 bridgehead atoms. The number of aryl methyl sites for hydroxylation is 1. The molecule has 1 aromatic carbocycles. The number of hydrogen-bond donors (Lipinski definition) is 2. The highest BCUT2D eigenvalue weighted by molar-refractivity contribution is 5.83. The number of hydrogen-bond acceptors (Lipinski definition) is 2. The second-order valence-electron chi connectivity index (χ2n) is 6.61. The Kier molecular flexibility index (Phi) is 4.51. The molecule has 0 saturated heterocycles. The Labute approximate surface area is 121 Å². The maximum Gasteiger partial charge on any atom is 0.0529 e. The summed E-state index contributed by atoms with van der Waals surface area (Å²) in [4.78, 5) is 0. The molecule has 1 heterocycles. The van der Waals surface area contributed by atoms with Crippen molar-refractivity contribution in [3.05, 3.63) is 36.0 Å². The molecule has 2 aromatic rings. The summed E-state index contributed by atoms with van der Waals surface area (Å²) < 4.78 is 2.25. The second kappa shape index (κ2) is 5.98. The molecular weight excluding hydrogens is 248 g/mol. The summed E-state index contributed by atoms with van der Waals surface area (Å²) in [6, 6.07) is 8.59. The zero-order valence-electron chi connectivity index (χ0n) is 13.0. The van der Waals surface area contributed by atoms with E-state index in [1.165, 1.54) is 16.5 Å². The molecule has 110 valence electrons. The molecule has 1 aromatic heterocycles. The Morgan fingerprint density at radius 3 is 2.65 bits per heavy atom. The van der Waals surface area contributed by atoms with Gasteiger partial charge in [-0.05, 0) is 51.1 Å². The van der Waals surface area contributed by atoms with E-state index in [2.05, 4.69) is 61.1 Å². The van der Waals surface area contributed by atoms with Crippen molar-refractivity contribution in [1.29, 1.82) is 0 Å². The second-order valence-corrected chi connectivity index (χ2v) is 6.61. The number of benzene rings is 1. The van der Waals surface area contributed by atoms with Gasteiger partial charge in [0.2, 0.25) is 0 Å². The van der Waals surface area contributed by atoms with Gasteiger partial charge in [-0.1, -0.05) is 18.2 Å². The van der Waals surface area contributed by atoms with Gasteiger partial charge >= 0.3 is 0 Å². The highest BCUT2D eigenvalue weighted by atomic mass is 16.3. The SMILES string of the molecule is CC(O)CCn1ccc2cccc(CNC(C)(C)C)c21. The minimum atomic E-state index is -0.257. The minimum Gasteiger partial charge on any atom is -0.393 e. The monoisotopic (exact) mass is 274 g/mol. The lowest BCUT2D eigenvalue weighted by Crippen LogP contribution is -2.35. The zero-order valence-corrected chi connectivity index (χ0v) is 13.0. The summed E-state index contributed by atoms with van der Waals surface area (Å²) in [5.41, 5.74) is 2.71. The van der Waals surface area contributed by atoms with E-state index < -0.39 is 0 Å². The third kappa shape index (κ3) is 3.84. The molecule has 0 saturated carbocycles. The molecule has 0 aliphatic heterocycles. The Morgan fingerprint density at radius 1 is 1.25 bits per heavy atom. The van der Waals surface area contributed by atoms with Gasteiger partial charge in [0.1, 0.15) is 0 Å². The van der Waals surface area contributed by atoms with Crippen LogP contribution in [-0.4, -0.2) is 21.3 Å². The lowest BCUT2D eigenvalue weighted by Gasteiger charge is -2.21. The van der Waals surface area contributed by atoms with Gasteiger partial charge in [-0.2, -0.15) is 0 Å². The topological polar surface area (TPSA) is 37.2 Å². The highest BCUT2D eigenvalue weighted by Gasteiger charge is 2.12. The van der Waals surface area contributed by atoms with Crippen LogP contribution in [-0.2, 0) is 13.1 Å². The van der Waals surface area contributed by atoms with Crippen LogP contribution in [0.4, 0.5) is 0 Å². The Morgan fingerprint density at radius 2 is 2.00 bits per heavy atom. The van der Waals surface area contributed by atoms with Crippen molar-refractivity contribution in [2.45, 2.75) is 58.8 Å². The van der Waals surface area contributed by atoms with E-state index in [4.69, 9.17) is 0 Å². The first-order valence-electron chi connectivity index (χ1n) is 7.36. The summed E-state index contributed by atoms with van der Waals surface area (Å²) in [5.74, 6) is 0. The van der Waals surface area contributed by atoms with E-state index in [1.54, 1.807) is 0 Å². The summed E-state index contributed by atoms with van der Waals surface area (Å²) >= 11 is 0. The summed E-state index contributed by atoms with van der Waals surface area (Å²) in [7, 11) is 0. The van der Waals surface area contributed by atoms with E-state index in [9.17, 15) is 5.11 Å². The van der Waals surface area contributed by atoms with Crippen molar-refractivity contribution in [1.82, 2.24) is 9.88 Å². The quantitative estimate of drug-likeness (QED) is 0.878. The van der Waals surface area contributed by atoms with Crippen LogP contribution in [0.2, 0.25) is 0 Å². The van der Waals surface area contributed by atoms with Gasteiger partial charge in [0, 0.05) is 24.8 Å². The number of rotatable bonds is 5. The summed E-state index contributed by atoms with van der Waals surface area (Å²) in [6.45, 7) is 10.1. The van der Waals surface area contributed by atoms with Crippen LogP contribution >= 0.6 is 0 Å². The Bertz CT molecular complexity index is 564. The third-order valence-corrected chi connectivity index (χ3v) is 3.47. The molecule has 3 nitrogen and oxygen atoms in total. The third-order valence-electron chi connectivity index (χ3n) is 3.47. The molecule has 0 aliphatic carbocycles. The molecule has 2 N–H and O–H groups in total. The first-order valence-corrected chi connectivity index (χ1v) is 7.36. The van der Waals surface area contributed by atoms with E-state index in [-0.39, 0.29) is 11.6 Å². The molecule has 0 amide bonds. The standard InChI is InChI=1S/C17H26N2O/c1-13(20)8-10-19-11-9-14-6-5-7-15(16(14)19)12-18-17(2,3)4/h5-7,9,11,13,18,20H,8,10,12H2,1-4H3. The van der Waals surface area contributed by atoms with Gasteiger partial charge in [0.15, 0.2) is 0 Å². The average Bonchev–Trinajstić information content (AvgIpc) is 2.76. The van der Waals surface area contributed by atoms with Gasteiger partial charge < -0.3 is 15.0 Å². The molecule has 0 aliphatic rings. The number of fused-ring (bicyclic) bond motifs is 1. The first-order chi connectivity index (χ1) is 9.37. The fourth-order valence-corrected chi connectivity index (χ4v) is 2.36. The van der Waals surface area contributed by atoms with E-state index in [0.717, 1.165) is 19.5 Å². The molecule has 0 fully saturated rings. The van der Waals surface area contributed by atoms with E-state index >= 15 is 0 Å². The number of aliphatic hydroxyl groups excluding tert-OH is 1. The first kappa shape index (κ1) is 15.1. The zero-order chi connectivity index (χ0) is 14.8. The Hall–Kier alpha value is -1.32. The highest BCUT2D eigenvalue weighted by Crippen LogP contribution is 2.21. The summed E-state index contributed by atoms with van der Waals surface area (Å²) in [5, 5.41) is 14.3. The van der Waals surface area contributed by atoms with Gasteiger partial charge in [-0.3, -0.25) is 0 Å². The van der Waals surface area contributed by atoms with Gasteiger partial charge in [0.25, 0.3) is 0 Å². The molecule has 0 spiro atoms. The predicted molar refractivity (Wildman–Crippen MR) is 84.8 cm³/mol. The number of nitrogens with zero attached hydrogens (tertiary/aromatic N) is 1. The number of para-hydroxylation sites is 1. The number of nitrogens with one attached hydrogen (secondary N) is 1. The normalized spacial score (nSPS) is 13.8. The largest absolute Gasteiger partial charge is 0.393 e. The van der Waals surface area contributed by atoms with Crippen LogP contribution in [0.5, 0.6) is 0 Å². The fraction of sp³-hybridized carbons (Fsp3) is 0.529. The minimum absolute atomic E-state index is 0.110. The van der Waals surface area contributed by atoms with Crippen LogP contribution in [0.3, 0.4) is 0 Å². The van der Waals surface area contributed by atoms with Crippen molar-refractivity contribution in [3.8, 4) is 0 Å². The van der Waals surface area contributed by atoms with Crippen molar-refractivity contribution in [3.63, 3.8) is 0 Å². The van der Waals surface area contributed by atoms with Crippen LogP contribution in [0.25, 0.3) is 10.9 Å². The maximum atomic E-state index is 9.48. The van der Waals surface area contributed by atoms with Crippen molar-refractivity contribution < 1.29 is 5.11 Å². The van der Waals surface area contributed by atoms with Crippen LogP contribution in [0, 0.1) is 0 Å². The van der Waals surface area contributed by atoms with Gasteiger partial charge in [-0.25, -0.2) is 0 Å². The lowest BCUT2D eigenvalue weighted by atomic mass is 10.1. The molecule has 20 heavy (non-hydrogen) atoms. The van der Waals surface area contributed by atoms with Gasteiger partial charge in [0.05, 0.1) is 11.6 Å². The molecular formula is C17H26N2O. The fourth-order valence-electron chi connectivity index (χ4n) is 2.36. The predicted octanol–water partition coefficient (Wildman–Crippen LogP) is 3.30. The smallest absolute Gasteiger partial charge is 0.0529 e. The molecule has 3 heteroatoms. The van der Waals surface area contributed by atoms with E-state index in [1.807, 2.05) is 6.92 Å². The summed E-state index contributed by atoms with van der Waals surface area (Å²) in [6.07, 6.45) is 2.64. The van der Waals surface area contributed by atoms with E-state index in [0.29, 0.717) is 0 Å². The lowest BCUT2D eigenvalue weighted by molar-refractivity contribution is 0.178. The van der Waals surface area contributed by atoms with Gasteiger partial charge in [-0.15, -0.1) is 0 Å².